The van der Waals surface area contributed by atoms with Gasteiger partial charge in [-0.2, -0.15) is 0 Å². The predicted octanol–water partition coefficient (Wildman–Crippen LogP) is 3.08. The maximum atomic E-state index is 12.7. The van der Waals surface area contributed by atoms with E-state index in [4.69, 9.17) is 10.5 Å². The molecule has 1 saturated heterocycles. The molecule has 1 amide bonds. The van der Waals surface area contributed by atoms with Gasteiger partial charge in [-0.15, -0.1) is 0 Å². The average Bonchev–Trinajstić information content (AvgIpc) is 2.89. The molecule has 1 aliphatic rings. The van der Waals surface area contributed by atoms with Crippen LogP contribution in [0.3, 0.4) is 0 Å². The van der Waals surface area contributed by atoms with Gasteiger partial charge in [0.25, 0.3) is 5.91 Å². The molecule has 23 heavy (non-hydrogen) atoms. The Morgan fingerprint density at radius 2 is 2.09 bits per heavy atom. The van der Waals surface area contributed by atoms with Crippen molar-refractivity contribution in [2.45, 2.75) is 53.1 Å². The van der Waals surface area contributed by atoms with E-state index in [-0.39, 0.29) is 11.3 Å². The molecular formula is C19H30N2O2. The van der Waals surface area contributed by atoms with Crippen LogP contribution in [-0.2, 0) is 4.79 Å². The Morgan fingerprint density at radius 1 is 1.39 bits per heavy atom. The molecule has 0 spiro atoms. The molecule has 1 fully saturated rings. The summed E-state index contributed by atoms with van der Waals surface area (Å²) in [5, 5.41) is 0. The lowest BCUT2D eigenvalue weighted by molar-refractivity contribution is -0.137. The summed E-state index contributed by atoms with van der Waals surface area (Å²) in [6, 6.07) is 6.20. The van der Waals surface area contributed by atoms with Crippen molar-refractivity contribution in [2.24, 2.45) is 11.1 Å². The van der Waals surface area contributed by atoms with Crippen molar-refractivity contribution in [3.8, 4) is 5.75 Å². The van der Waals surface area contributed by atoms with Crippen LogP contribution in [0.4, 0.5) is 0 Å². The van der Waals surface area contributed by atoms with Crippen LogP contribution in [0.15, 0.2) is 18.2 Å². The van der Waals surface area contributed by atoms with E-state index in [9.17, 15) is 4.79 Å². The van der Waals surface area contributed by atoms with Crippen LogP contribution in [0, 0.1) is 12.3 Å². The lowest BCUT2D eigenvalue weighted by Crippen LogP contribution is -2.41. The number of hydrogen-bond donors (Lipinski definition) is 1. The van der Waals surface area contributed by atoms with E-state index >= 15 is 0 Å². The Morgan fingerprint density at radius 3 is 2.65 bits per heavy atom. The van der Waals surface area contributed by atoms with Gasteiger partial charge in [0, 0.05) is 13.1 Å². The third kappa shape index (κ3) is 4.05. The predicted molar refractivity (Wildman–Crippen MR) is 93.7 cm³/mol. The molecule has 1 aromatic rings. The third-order valence-corrected chi connectivity index (χ3v) is 4.80. The molecule has 1 aromatic carbocycles. The van der Waals surface area contributed by atoms with Crippen LogP contribution in [0.5, 0.6) is 5.75 Å². The summed E-state index contributed by atoms with van der Waals surface area (Å²) in [5.41, 5.74) is 8.16. The molecule has 1 aliphatic heterocycles. The van der Waals surface area contributed by atoms with Crippen LogP contribution in [-0.4, -0.2) is 36.5 Å². The van der Waals surface area contributed by atoms with Crippen molar-refractivity contribution in [1.82, 2.24) is 4.90 Å². The smallest absolute Gasteiger partial charge is 0.263 e. The monoisotopic (exact) mass is 318 g/mol. The van der Waals surface area contributed by atoms with Gasteiger partial charge in [-0.05, 0) is 55.3 Å². The molecule has 2 N–H and O–H groups in total. The zero-order valence-electron chi connectivity index (χ0n) is 15.1. The van der Waals surface area contributed by atoms with Crippen molar-refractivity contribution < 1.29 is 9.53 Å². The number of rotatable bonds is 5. The zero-order chi connectivity index (χ0) is 17.2. The highest BCUT2D eigenvalue weighted by Gasteiger charge is 2.36. The summed E-state index contributed by atoms with van der Waals surface area (Å²) in [6.07, 6.45) is 0.485. The minimum Gasteiger partial charge on any atom is -0.481 e. The summed E-state index contributed by atoms with van der Waals surface area (Å²) in [4.78, 5) is 14.6. The molecule has 128 valence electrons. The van der Waals surface area contributed by atoms with Gasteiger partial charge in [-0.25, -0.2) is 0 Å². The van der Waals surface area contributed by atoms with Crippen LogP contribution in [0.1, 0.15) is 51.2 Å². The molecule has 0 saturated carbocycles. The van der Waals surface area contributed by atoms with E-state index in [0.717, 1.165) is 36.4 Å². The third-order valence-electron chi connectivity index (χ3n) is 4.80. The number of carbonyl (C=O) groups is 1. The first-order valence-corrected chi connectivity index (χ1v) is 8.52. The van der Waals surface area contributed by atoms with Gasteiger partial charge in [-0.1, -0.05) is 32.9 Å². The summed E-state index contributed by atoms with van der Waals surface area (Å²) in [7, 11) is 0. The van der Waals surface area contributed by atoms with Crippen LogP contribution in [0.25, 0.3) is 0 Å². The number of likely N-dealkylation sites (tertiary alicyclic amines) is 1. The molecule has 0 radical (unpaired) electrons. The number of nitrogens with zero attached hydrogens (tertiary/aromatic N) is 1. The summed E-state index contributed by atoms with van der Waals surface area (Å²) in [5.74, 6) is 1.24. The van der Waals surface area contributed by atoms with Gasteiger partial charge in [0.2, 0.25) is 0 Å². The maximum absolute atomic E-state index is 12.7. The first kappa shape index (κ1) is 17.8. The maximum Gasteiger partial charge on any atom is 0.263 e. The number of carbonyl (C=O) groups excluding carboxylic acids is 1. The lowest BCUT2D eigenvalue weighted by atomic mass is 9.90. The molecule has 1 heterocycles. The van der Waals surface area contributed by atoms with E-state index in [0.29, 0.717) is 12.5 Å². The number of amides is 1. The van der Waals surface area contributed by atoms with Gasteiger partial charge in [0.05, 0.1) is 0 Å². The van der Waals surface area contributed by atoms with Crippen molar-refractivity contribution in [3.63, 3.8) is 0 Å². The molecule has 0 aliphatic carbocycles. The molecule has 4 nitrogen and oxygen atoms in total. The van der Waals surface area contributed by atoms with E-state index in [1.54, 1.807) is 0 Å². The van der Waals surface area contributed by atoms with E-state index in [1.807, 2.05) is 24.8 Å². The molecular weight excluding hydrogens is 288 g/mol. The van der Waals surface area contributed by atoms with E-state index < -0.39 is 6.10 Å². The standard InChI is InChI=1S/C19H30N2O2/c1-13(2)16-7-6-14(3)10-17(16)23-15(4)18(22)21-9-8-19(5,11-20)12-21/h6-7,10,13,15H,8-9,11-12,20H2,1-5H3. The summed E-state index contributed by atoms with van der Waals surface area (Å²) >= 11 is 0. The van der Waals surface area contributed by atoms with Crippen molar-refractivity contribution in [1.29, 1.82) is 0 Å². The minimum absolute atomic E-state index is 0.0435. The van der Waals surface area contributed by atoms with Crippen LogP contribution >= 0.6 is 0 Å². The van der Waals surface area contributed by atoms with Crippen molar-refractivity contribution >= 4 is 5.91 Å². The molecule has 2 atom stereocenters. The van der Waals surface area contributed by atoms with Crippen LogP contribution < -0.4 is 10.5 Å². The second-order valence-electron chi connectivity index (χ2n) is 7.48. The van der Waals surface area contributed by atoms with Crippen LogP contribution in [0.2, 0.25) is 0 Å². The Kier molecular flexibility index (Phi) is 5.35. The molecule has 0 aromatic heterocycles. The normalized spacial score (nSPS) is 22.5. The number of benzene rings is 1. The highest BCUT2D eigenvalue weighted by molar-refractivity contribution is 5.81. The molecule has 0 bridgehead atoms. The Balaban J connectivity index is 2.09. The van der Waals surface area contributed by atoms with Gasteiger partial charge in [0.15, 0.2) is 6.10 Å². The lowest BCUT2D eigenvalue weighted by Gasteiger charge is -2.26. The fourth-order valence-electron chi connectivity index (χ4n) is 3.10. The molecule has 2 rings (SSSR count). The number of aryl methyl sites for hydroxylation is 1. The SMILES string of the molecule is Cc1ccc(C(C)C)c(OC(C)C(=O)N2CCC(C)(CN)C2)c1. The van der Waals surface area contributed by atoms with Gasteiger partial charge < -0.3 is 15.4 Å². The number of nitrogens with two attached hydrogens (primary N) is 1. The quantitative estimate of drug-likeness (QED) is 0.907. The first-order valence-electron chi connectivity index (χ1n) is 8.52. The highest BCUT2D eigenvalue weighted by atomic mass is 16.5. The highest BCUT2D eigenvalue weighted by Crippen LogP contribution is 2.31. The Bertz CT molecular complexity index is 570. The fraction of sp³-hybridized carbons (Fsp3) is 0.632. The van der Waals surface area contributed by atoms with Gasteiger partial charge in [-0.3, -0.25) is 4.79 Å². The van der Waals surface area contributed by atoms with Gasteiger partial charge >= 0.3 is 0 Å². The van der Waals surface area contributed by atoms with Crippen molar-refractivity contribution in [2.75, 3.05) is 19.6 Å². The number of ether oxygens (including phenoxy) is 1. The second-order valence-corrected chi connectivity index (χ2v) is 7.48. The van der Waals surface area contributed by atoms with Gasteiger partial charge in [0.1, 0.15) is 5.75 Å². The largest absolute Gasteiger partial charge is 0.481 e. The fourth-order valence-corrected chi connectivity index (χ4v) is 3.10. The Hall–Kier alpha value is -1.55. The Labute approximate surface area is 140 Å². The molecule has 2 unspecified atom stereocenters. The minimum atomic E-state index is -0.477. The number of hydrogen-bond acceptors (Lipinski definition) is 3. The topological polar surface area (TPSA) is 55.6 Å². The van der Waals surface area contributed by atoms with Crippen molar-refractivity contribution in [3.05, 3.63) is 29.3 Å². The molecule has 4 heteroatoms. The van der Waals surface area contributed by atoms with E-state index in [2.05, 4.69) is 32.9 Å². The van der Waals surface area contributed by atoms with E-state index in [1.165, 1.54) is 0 Å². The first-order chi connectivity index (χ1) is 10.8. The zero-order valence-corrected chi connectivity index (χ0v) is 15.1. The summed E-state index contributed by atoms with van der Waals surface area (Å²) < 4.78 is 6.04. The second kappa shape index (κ2) is 6.91. The summed E-state index contributed by atoms with van der Waals surface area (Å²) in [6.45, 7) is 12.4. The average molecular weight is 318 g/mol.